The number of carbonyl (C=O) groups excluding carboxylic acids is 1. The molecule has 1 aliphatic heterocycles. The normalized spacial score (nSPS) is 13.9. The summed E-state index contributed by atoms with van der Waals surface area (Å²) in [6.07, 6.45) is 1.24. The van der Waals surface area contributed by atoms with Crippen LogP contribution in [0.3, 0.4) is 0 Å². The maximum Gasteiger partial charge on any atom is 0.508 e. The molecule has 0 radical (unpaired) electrons. The smallest absolute Gasteiger partial charge is 0.435 e. The molecule has 1 fully saturated rings. The van der Waals surface area contributed by atoms with E-state index < -0.39 is 11.1 Å². The molecule has 0 unspecified atom stereocenters. The minimum atomic E-state index is -0.710. The minimum absolute atomic E-state index is 0.0552. The summed E-state index contributed by atoms with van der Waals surface area (Å²) in [7, 11) is 0. The molecular formula is C19H20N6O5. The first-order chi connectivity index (χ1) is 14.5. The largest absolute Gasteiger partial charge is 0.508 e. The fourth-order valence-electron chi connectivity index (χ4n) is 3.10. The van der Waals surface area contributed by atoms with Crippen LogP contribution >= 0.6 is 0 Å². The number of ether oxygens (including phenoxy) is 2. The van der Waals surface area contributed by atoms with Crippen molar-refractivity contribution in [3.8, 4) is 6.07 Å². The molecule has 2 heterocycles. The van der Waals surface area contributed by atoms with Crippen molar-refractivity contribution >= 4 is 29.2 Å². The highest BCUT2D eigenvalue weighted by Gasteiger charge is 2.31. The van der Waals surface area contributed by atoms with Crippen molar-refractivity contribution in [1.29, 1.82) is 5.26 Å². The Hall–Kier alpha value is -3.94. The predicted molar refractivity (Wildman–Crippen MR) is 106 cm³/mol. The number of aromatic nitrogens is 2. The molecule has 11 nitrogen and oxygen atoms in total. The van der Waals surface area contributed by atoms with Gasteiger partial charge in [-0.25, -0.2) is 14.8 Å². The molecule has 0 atom stereocenters. The van der Waals surface area contributed by atoms with E-state index in [0.29, 0.717) is 37.2 Å². The average molecular weight is 412 g/mol. The lowest BCUT2D eigenvalue weighted by Crippen LogP contribution is -2.38. The molecule has 0 bridgehead atoms. The van der Waals surface area contributed by atoms with Gasteiger partial charge in [-0.2, -0.15) is 5.26 Å². The second kappa shape index (κ2) is 9.51. The Balaban J connectivity index is 1.76. The van der Waals surface area contributed by atoms with E-state index in [2.05, 4.69) is 15.3 Å². The molecule has 11 heteroatoms. The van der Waals surface area contributed by atoms with E-state index in [1.807, 2.05) is 6.07 Å². The van der Waals surface area contributed by atoms with Crippen LogP contribution < -0.4 is 10.2 Å². The van der Waals surface area contributed by atoms with E-state index >= 15 is 0 Å². The molecule has 30 heavy (non-hydrogen) atoms. The highest BCUT2D eigenvalue weighted by molar-refractivity contribution is 5.74. The van der Waals surface area contributed by atoms with Crippen molar-refractivity contribution in [2.24, 2.45) is 0 Å². The van der Waals surface area contributed by atoms with Gasteiger partial charge in [0.05, 0.1) is 23.2 Å². The van der Waals surface area contributed by atoms with Crippen LogP contribution in [0.25, 0.3) is 0 Å². The lowest BCUT2D eigenvalue weighted by molar-refractivity contribution is -0.383. The second-order valence-corrected chi connectivity index (χ2v) is 6.45. The molecule has 0 amide bonds. The van der Waals surface area contributed by atoms with Gasteiger partial charge >= 0.3 is 11.8 Å². The molecule has 156 valence electrons. The van der Waals surface area contributed by atoms with Gasteiger partial charge in [0, 0.05) is 31.6 Å². The first-order valence-electron chi connectivity index (χ1n) is 9.36. The number of anilines is 3. The predicted octanol–water partition coefficient (Wildman–Crippen LogP) is 3.14. The van der Waals surface area contributed by atoms with Crippen molar-refractivity contribution in [3.63, 3.8) is 0 Å². The van der Waals surface area contributed by atoms with Crippen LogP contribution in [-0.4, -0.2) is 46.8 Å². The molecule has 1 N–H and O–H groups in total. The average Bonchev–Trinajstić information content (AvgIpc) is 2.74. The maximum absolute atomic E-state index is 11.8. The maximum atomic E-state index is 11.8. The summed E-state index contributed by atoms with van der Waals surface area (Å²) in [5.41, 5.74) is 0.793. The molecule has 1 aromatic carbocycles. The van der Waals surface area contributed by atoms with Gasteiger partial charge in [0.25, 0.3) is 0 Å². The van der Waals surface area contributed by atoms with Crippen molar-refractivity contribution < 1.29 is 19.2 Å². The summed E-state index contributed by atoms with van der Waals surface area (Å²) in [6.45, 7) is 2.79. The van der Waals surface area contributed by atoms with E-state index in [9.17, 15) is 14.9 Å². The summed E-state index contributed by atoms with van der Waals surface area (Å²) in [4.78, 5) is 32.7. The summed E-state index contributed by atoms with van der Waals surface area (Å²) in [5.74, 6) is 0.250. The number of hydrogen-bond acceptors (Lipinski definition) is 10. The number of piperidine rings is 1. The van der Waals surface area contributed by atoms with Crippen LogP contribution in [-0.2, 0) is 9.47 Å². The Labute approximate surface area is 172 Å². The Morgan fingerprint density at radius 2 is 2.03 bits per heavy atom. The van der Waals surface area contributed by atoms with E-state index in [4.69, 9.17) is 14.7 Å². The second-order valence-electron chi connectivity index (χ2n) is 6.45. The summed E-state index contributed by atoms with van der Waals surface area (Å²) in [5, 5.41) is 23.6. The quantitative estimate of drug-likeness (QED) is 0.427. The lowest BCUT2D eigenvalue weighted by Gasteiger charge is -2.31. The molecule has 1 aromatic heterocycles. The van der Waals surface area contributed by atoms with Crippen LogP contribution in [0.15, 0.2) is 30.6 Å². The van der Waals surface area contributed by atoms with Crippen LogP contribution in [0.5, 0.6) is 0 Å². The molecule has 1 saturated heterocycles. The summed E-state index contributed by atoms with van der Waals surface area (Å²) < 4.78 is 10.0. The van der Waals surface area contributed by atoms with Gasteiger partial charge in [-0.15, -0.1) is 0 Å². The summed E-state index contributed by atoms with van der Waals surface area (Å²) in [6, 6.07) is 8.50. The third kappa shape index (κ3) is 4.91. The molecule has 0 spiro atoms. The van der Waals surface area contributed by atoms with Crippen LogP contribution in [0.2, 0.25) is 0 Å². The number of nitriles is 1. The molecule has 2 aromatic rings. The van der Waals surface area contributed by atoms with Crippen LogP contribution in [0, 0.1) is 21.4 Å². The van der Waals surface area contributed by atoms with Crippen LogP contribution in [0.1, 0.15) is 25.3 Å². The third-order valence-electron chi connectivity index (χ3n) is 4.53. The van der Waals surface area contributed by atoms with E-state index in [1.54, 1.807) is 36.1 Å². The highest BCUT2D eigenvalue weighted by atomic mass is 16.7. The van der Waals surface area contributed by atoms with E-state index in [-0.39, 0.29) is 30.0 Å². The number of nitrogens with zero attached hydrogens (tertiary/aromatic N) is 5. The standard InChI is InChI=1S/C19H20N6O5/c1-2-29-19(26)30-15-7-9-24(10-8-15)18-16(25(27)28)17(21-12-22-18)23-14-5-3-13(11-20)4-6-14/h3-6,12,15H,2,7-10H2,1H3,(H,21,22,23). The van der Waals surface area contributed by atoms with E-state index in [0.717, 1.165) is 0 Å². The fraction of sp³-hybridized carbons (Fsp3) is 0.368. The first-order valence-corrected chi connectivity index (χ1v) is 9.36. The van der Waals surface area contributed by atoms with E-state index in [1.165, 1.54) is 6.33 Å². The molecule has 1 aliphatic rings. The van der Waals surface area contributed by atoms with Gasteiger partial charge in [-0.05, 0) is 31.2 Å². The fourth-order valence-corrected chi connectivity index (χ4v) is 3.10. The van der Waals surface area contributed by atoms with Crippen LogP contribution in [0.4, 0.5) is 27.8 Å². The zero-order valence-corrected chi connectivity index (χ0v) is 16.3. The topological polar surface area (TPSA) is 144 Å². The lowest BCUT2D eigenvalue weighted by atomic mass is 10.1. The van der Waals surface area contributed by atoms with Gasteiger partial charge in [0.15, 0.2) is 0 Å². The number of nitrogens with one attached hydrogen (secondary N) is 1. The van der Waals surface area contributed by atoms with Crippen molar-refractivity contribution in [1.82, 2.24) is 9.97 Å². The third-order valence-corrected chi connectivity index (χ3v) is 4.53. The van der Waals surface area contributed by atoms with Crippen molar-refractivity contribution in [2.75, 3.05) is 29.9 Å². The Morgan fingerprint density at radius 3 is 2.63 bits per heavy atom. The number of rotatable bonds is 6. The van der Waals surface area contributed by atoms with Gasteiger partial charge in [0.1, 0.15) is 12.4 Å². The first kappa shape index (κ1) is 20.8. The van der Waals surface area contributed by atoms with Gasteiger partial charge in [-0.3, -0.25) is 10.1 Å². The SMILES string of the molecule is CCOC(=O)OC1CCN(c2ncnc(Nc3ccc(C#N)cc3)c2[N+](=O)[O-])CC1. The Morgan fingerprint density at radius 1 is 1.33 bits per heavy atom. The highest BCUT2D eigenvalue weighted by Crippen LogP contribution is 2.35. The van der Waals surface area contributed by atoms with Crippen molar-refractivity contribution in [2.45, 2.75) is 25.9 Å². The summed E-state index contributed by atoms with van der Waals surface area (Å²) >= 11 is 0. The number of nitro groups is 1. The number of carbonyl (C=O) groups is 1. The van der Waals surface area contributed by atoms with Gasteiger partial charge in [-0.1, -0.05) is 0 Å². The minimum Gasteiger partial charge on any atom is -0.435 e. The van der Waals surface area contributed by atoms with Gasteiger partial charge < -0.3 is 19.7 Å². The number of hydrogen-bond donors (Lipinski definition) is 1. The number of benzene rings is 1. The van der Waals surface area contributed by atoms with Gasteiger partial charge in [0.2, 0.25) is 11.6 Å². The van der Waals surface area contributed by atoms with Crippen molar-refractivity contribution in [3.05, 3.63) is 46.3 Å². The Kier molecular flexibility index (Phi) is 6.59. The molecule has 0 aliphatic carbocycles. The zero-order valence-electron chi connectivity index (χ0n) is 16.3. The molecule has 3 rings (SSSR count). The Bertz CT molecular complexity index is 951. The monoisotopic (exact) mass is 412 g/mol. The molecule has 0 saturated carbocycles. The zero-order chi connectivity index (χ0) is 21.5. The molecular weight excluding hydrogens is 392 g/mol.